The Morgan fingerprint density at radius 3 is 2.42 bits per heavy atom. The van der Waals surface area contributed by atoms with Crippen LogP contribution in [0.4, 0.5) is 4.39 Å². The topological polar surface area (TPSA) is 21.6 Å². The van der Waals surface area contributed by atoms with Crippen molar-refractivity contribution in [2.45, 2.75) is 55.9 Å². The fraction of sp³-hybridized carbons (Fsp3) is 0.533. The molecular formula is C15H20FNOS. The van der Waals surface area contributed by atoms with Gasteiger partial charge < -0.3 is 4.74 Å². The maximum atomic E-state index is 13.3. The van der Waals surface area contributed by atoms with E-state index in [9.17, 15) is 4.39 Å². The number of hydrogen-bond acceptors (Lipinski definition) is 3. The number of aliphatic imine (C=N–C) groups is 1. The number of hydrogen-bond donors (Lipinski definition) is 0. The van der Waals surface area contributed by atoms with Crippen LogP contribution >= 0.6 is 11.8 Å². The molecule has 0 bridgehead atoms. The first-order chi connectivity index (χ1) is 8.69. The van der Waals surface area contributed by atoms with Gasteiger partial charge in [0.1, 0.15) is 5.54 Å². The zero-order valence-electron chi connectivity index (χ0n) is 12.0. The first kappa shape index (κ1) is 14.4. The van der Waals surface area contributed by atoms with Gasteiger partial charge in [0.15, 0.2) is 6.10 Å². The molecule has 19 heavy (non-hydrogen) atoms. The zero-order chi connectivity index (χ0) is 14.3. The Morgan fingerprint density at radius 2 is 1.89 bits per heavy atom. The van der Waals surface area contributed by atoms with Crippen LogP contribution in [-0.2, 0) is 4.74 Å². The van der Waals surface area contributed by atoms with Crippen LogP contribution in [0.1, 0.15) is 46.3 Å². The van der Waals surface area contributed by atoms with Crippen molar-refractivity contribution < 1.29 is 9.13 Å². The van der Waals surface area contributed by atoms with E-state index in [0.717, 1.165) is 10.5 Å². The highest BCUT2D eigenvalue weighted by Crippen LogP contribution is 2.44. The Labute approximate surface area is 118 Å². The van der Waals surface area contributed by atoms with E-state index in [1.54, 1.807) is 11.8 Å². The molecule has 0 fully saturated rings. The second-order valence-corrected chi connectivity index (χ2v) is 8.14. The molecule has 1 aliphatic rings. The normalized spacial score (nSPS) is 22.0. The molecule has 1 aromatic carbocycles. The predicted octanol–water partition coefficient (Wildman–Crippen LogP) is 4.75. The molecule has 1 unspecified atom stereocenters. The molecule has 0 saturated heterocycles. The molecule has 104 valence electrons. The molecule has 0 aliphatic carbocycles. The monoisotopic (exact) mass is 281 g/mol. The van der Waals surface area contributed by atoms with Gasteiger partial charge >= 0.3 is 6.15 Å². The van der Waals surface area contributed by atoms with Crippen molar-refractivity contribution in [1.29, 1.82) is 0 Å². The first-order valence-electron chi connectivity index (χ1n) is 6.39. The van der Waals surface area contributed by atoms with Crippen LogP contribution in [0.2, 0.25) is 0 Å². The van der Waals surface area contributed by atoms with Crippen molar-refractivity contribution >= 4 is 17.9 Å². The third-order valence-corrected chi connectivity index (χ3v) is 4.05. The predicted molar refractivity (Wildman–Crippen MR) is 78.5 cm³/mol. The van der Waals surface area contributed by atoms with Gasteiger partial charge in [0.2, 0.25) is 0 Å². The minimum atomic E-state index is -0.717. The molecule has 2 nitrogen and oxygen atoms in total. The number of ether oxygens (including phenoxy) is 1. The molecule has 1 heterocycles. The Kier molecular flexibility index (Phi) is 3.65. The largest absolute Gasteiger partial charge is 0.446 e. The van der Waals surface area contributed by atoms with Gasteiger partial charge in [0.05, 0.1) is 0 Å². The smallest absolute Gasteiger partial charge is 0.372 e. The molecule has 0 spiro atoms. The summed E-state index contributed by atoms with van der Waals surface area (Å²) in [4.78, 5) is 5.06. The molecule has 2 rings (SSSR count). The Bertz CT molecular complexity index is 505. The molecule has 0 N–H and O–H groups in total. The minimum absolute atomic E-state index is 0.0955. The number of thioether (sulfide) groups is 1. The van der Waals surface area contributed by atoms with Crippen molar-refractivity contribution in [2.75, 3.05) is 0 Å². The van der Waals surface area contributed by atoms with E-state index in [2.05, 4.69) is 31.8 Å². The highest BCUT2D eigenvalue weighted by Gasteiger charge is 2.41. The maximum absolute atomic E-state index is 13.3. The van der Waals surface area contributed by atoms with E-state index >= 15 is 0 Å². The molecule has 1 atom stereocenters. The second-order valence-electron chi connectivity index (χ2n) is 6.27. The molecule has 0 aromatic heterocycles. The van der Waals surface area contributed by atoms with Gasteiger partial charge in [-0.2, -0.15) is 0 Å². The van der Waals surface area contributed by atoms with Crippen LogP contribution in [0, 0.1) is 0 Å². The number of halogens is 1. The summed E-state index contributed by atoms with van der Waals surface area (Å²) in [6.07, 6.45) is -1.08. The van der Waals surface area contributed by atoms with E-state index in [4.69, 9.17) is 4.74 Å². The summed E-state index contributed by atoms with van der Waals surface area (Å²) in [6.45, 7) is 10.3. The summed E-state index contributed by atoms with van der Waals surface area (Å²) < 4.78 is 18.7. The summed E-state index contributed by atoms with van der Waals surface area (Å²) >= 11 is 1.76. The molecule has 0 radical (unpaired) electrons. The van der Waals surface area contributed by atoms with Crippen LogP contribution in [0.3, 0.4) is 0 Å². The third-order valence-electron chi connectivity index (χ3n) is 2.85. The van der Waals surface area contributed by atoms with Gasteiger partial charge in [-0.15, -0.1) is 16.2 Å². The second kappa shape index (κ2) is 4.82. The molecule has 0 saturated carbocycles. The van der Waals surface area contributed by atoms with Crippen LogP contribution in [0.15, 0.2) is 34.2 Å². The van der Waals surface area contributed by atoms with Crippen molar-refractivity contribution in [1.82, 2.24) is 0 Å². The quantitative estimate of drug-likeness (QED) is 0.729. The van der Waals surface area contributed by atoms with Gasteiger partial charge in [0.25, 0.3) is 0 Å². The summed E-state index contributed by atoms with van der Waals surface area (Å²) in [5.41, 5.74) is 0.433. The molecule has 1 aliphatic heterocycles. The lowest BCUT2D eigenvalue weighted by Gasteiger charge is -2.27. The number of rotatable bonds is 2. The van der Waals surface area contributed by atoms with E-state index in [1.807, 2.05) is 32.0 Å². The average molecular weight is 281 g/mol. The van der Waals surface area contributed by atoms with Crippen LogP contribution in [0.25, 0.3) is 0 Å². The minimum Gasteiger partial charge on any atom is -0.446 e. The molecule has 4 heteroatoms. The van der Waals surface area contributed by atoms with E-state index in [-0.39, 0.29) is 10.9 Å². The van der Waals surface area contributed by atoms with Gasteiger partial charge in [-0.25, -0.2) is 4.99 Å². The lowest BCUT2D eigenvalue weighted by atomic mass is 9.92. The van der Waals surface area contributed by atoms with Crippen LogP contribution in [0.5, 0.6) is 0 Å². The Hall–Kier alpha value is -1.03. The third kappa shape index (κ3) is 3.30. The van der Waals surface area contributed by atoms with Crippen molar-refractivity contribution in [2.24, 2.45) is 4.99 Å². The van der Waals surface area contributed by atoms with Crippen LogP contribution in [-0.4, -0.2) is 16.4 Å². The zero-order valence-corrected chi connectivity index (χ0v) is 12.8. The fourth-order valence-electron chi connectivity index (χ4n) is 2.12. The molecule has 0 amide bonds. The SMILES string of the molecule is CC(C)(C)Sc1ccccc1C1OC(F)=NC1(C)C. The van der Waals surface area contributed by atoms with E-state index < -0.39 is 11.7 Å². The highest BCUT2D eigenvalue weighted by atomic mass is 32.2. The summed E-state index contributed by atoms with van der Waals surface area (Å²) in [5.74, 6) is 0. The standard InChI is InChI=1S/C15H20FNOS/c1-14(2,3)19-11-9-7-6-8-10(11)12-15(4,5)17-13(16)18-12/h6-9,12H,1-5H3. The fourth-order valence-corrected chi connectivity index (χ4v) is 3.22. The van der Waals surface area contributed by atoms with Gasteiger partial charge in [-0.05, 0) is 19.9 Å². The van der Waals surface area contributed by atoms with Crippen molar-refractivity contribution in [3.8, 4) is 0 Å². The highest BCUT2D eigenvalue weighted by molar-refractivity contribution is 8.00. The van der Waals surface area contributed by atoms with Gasteiger partial charge in [0, 0.05) is 15.2 Å². The summed E-state index contributed by atoms with van der Waals surface area (Å²) in [6, 6.07) is 8.00. The molecular weight excluding hydrogens is 261 g/mol. The van der Waals surface area contributed by atoms with Gasteiger partial charge in [-0.1, -0.05) is 39.0 Å². The van der Waals surface area contributed by atoms with Crippen molar-refractivity contribution in [3.05, 3.63) is 29.8 Å². The average Bonchev–Trinajstić information content (AvgIpc) is 2.50. The summed E-state index contributed by atoms with van der Waals surface area (Å²) in [7, 11) is 0. The molecule has 1 aromatic rings. The lowest BCUT2D eigenvalue weighted by Crippen LogP contribution is -2.24. The Morgan fingerprint density at radius 1 is 1.26 bits per heavy atom. The summed E-state index contributed by atoms with van der Waals surface area (Å²) in [5, 5.41) is 0. The Balaban J connectivity index is 2.36. The number of nitrogens with zero attached hydrogens (tertiary/aromatic N) is 1. The first-order valence-corrected chi connectivity index (χ1v) is 7.21. The van der Waals surface area contributed by atoms with E-state index in [0.29, 0.717) is 0 Å². The van der Waals surface area contributed by atoms with Crippen LogP contribution < -0.4 is 0 Å². The maximum Gasteiger partial charge on any atom is 0.372 e. The number of benzene rings is 1. The van der Waals surface area contributed by atoms with Gasteiger partial charge in [-0.3, -0.25) is 0 Å². The van der Waals surface area contributed by atoms with E-state index in [1.165, 1.54) is 0 Å². The lowest BCUT2D eigenvalue weighted by molar-refractivity contribution is 0.139. The van der Waals surface area contributed by atoms with Crippen molar-refractivity contribution in [3.63, 3.8) is 0 Å².